The highest BCUT2D eigenvalue weighted by atomic mass is 32.2. The Morgan fingerprint density at radius 1 is 1.40 bits per heavy atom. The van der Waals surface area contributed by atoms with E-state index in [1.165, 1.54) is 19.1 Å². The molecule has 0 bridgehead atoms. The van der Waals surface area contributed by atoms with Gasteiger partial charge < -0.3 is 10.1 Å². The van der Waals surface area contributed by atoms with Gasteiger partial charge >= 0.3 is 0 Å². The molecule has 6 heteroatoms. The van der Waals surface area contributed by atoms with Crippen LogP contribution in [0.15, 0.2) is 0 Å². The fourth-order valence-corrected chi connectivity index (χ4v) is 3.99. The Hall–Kier alpha value is -0.170. The summed E-state index contributed by atoms with van der Waals surface area (Å²) in [7, 11) is -1.27. The number of rotatable bonds is 8. The number of hydrogen-bond acceptors (Lipinski definition) is 4. The van der Waals surface area contributed by atoms with Crippen LogP contribution in [0.2, 0.25) is 0 Å². The van der Waals surface area contributed by atoms with Crippen molar-refractivity contribution in [3.63, 3.8) is 0 Å². The van der Waals surface area contributed by atoms with Crippen LogP contribution in [0.3, 0.4) is 0 Å². The van der Waals surface area contributed by atoms with Crippen molar-refractivity contribution in [3.05, 3.63) is 0 Å². The van der Waals surface area contributed by atoms with E-state index in [4.69, 9.17) is 4.74 Å². The zero-order valence-electron chi connectivity index (χ0n) is 12.7. The lowest BCUT2D eigenvalue weighted by Crippen LogP contribution is -2.43. The van der Waals surface area contributed by atoms with Gasteiger partial charge in [-0.05, 0) is 50.0 Å². The van der Waals surface area contributed by atoms with Gasteiger partial charge in [-0.2, -0.15) is 0 Å². The highest BCUT2D eigenvalue weighted by molar-refractivity contribution is 7.88. The molecule has 0 aromatic heterocycles. The maximum absolute atomic E-state index is 11.6. The van der Waals surface area contributed by atoms with Gasteiger partial charge in [0.15, 0.2) is 0 Å². The second kappa shape index (κ2) is 6.73. The second-order valence-corrected chi connectivity index (χ2v) is 8.49. The highest BCUT2D eigenvalue weighted by Crippen LogP contribution is 2.48. The molecule has 1 heterocycles. The fourth-order valence-electron chi connectivity index (χ4n) is 3.05. The largest absolute Gasteiger partial charge is 0.385 e. The van der Waals surface area contributed by atoms with Crippen molar-refractivity contribution in [2.75, 3.05) is 46.2 Å². The average Bonchev–Trinajstić information content (AvgIpc) is 3.16. The van der Waals surface area contributed by atoms with Crippen LogP contribution in [0.25, 0.3) is 0 Å². The molecular formula is C14H28N2O3S. The standard InChI is InChI=1S/C14H28N2O3S/c1-19-9-7-14(5-6-14)12-15-10-13-4-3-8-16(11-13)20(2,17)18/h13,15H,3-12H2,1-2H3. The Kier molecular flexibility index (Phi) is 5.45. The summed E-state index contributed by atoms with van der Waals surface area (Å²) in [6, 6.07) is 0. The molecule has 0 amide bonds. The van der Waals surface area contributed by atoms with E-state index >= 15 is 0 Å². The van der Waals surface area contributed by atoms with Gasteiger partial charge in [0.2, 0.25) is 10.0 Å². The van der Waals surface area contributed by atoms with Crippen molar-refractivity contribution in [3.8, 4) is 0 Å². The summed E-state index contributed by atoms with van der Waals surface area (Å²) >= 11 is 0. The van der Waals surface area contributed by atoms with Crippen LogP contribution < -0.4 is 5.32 Å². The molecule has 1 aliphatic heterocycles. The third kappa shape index (κ3) is 4.69. The van der Waals surface area contributed by atoms with Crippen molar-refractivity contribution in [2.24, 2.45) is 11.3 Å². The van der Waals surface area contributed by atoms with E-state index in [0.29, 0.717) is 24.4 Å². The molecule has 1 aliphatic carbocycles. The lowest BCUT2D eigenvalue weighted by molar-refractivity contribution is 0.170. The molecule has 5 nitrogen and oxygen atoms in total. The zero-order chi connectivity index (χ0) is 14.6. The maximum Gasteiger partial charge on any atom is 0.211 e. The van der Waals surface area contributed by atoms with Crippen LogP contribution >= 0.6 is 0 Å². The van der Waals surface area contributed by atoms with E-state index in [0.717, 1.165) is 39.0 Å². The third-order valence-electron chi connectivity index (χ3n) is 4.68. The summed E-state index contributed by atoms with van der Waals surface area (Å²) in [6.07, 6.45) is 7.15. The van der Waals surface area contributed by atoms with Crippen LogP contribution in [0.4, 0.5) is 0 Å². The Labute approximate surface area is 123 Å². The predicted molar refractivity (Wildman–Crippen MR) is 80.2 cm³/mol. The van der Waals surface area contributed by atoms with Crippen LogP contribution in [-0.4, -0.2) is 58.9 Å². The van der Waals surface area contributed by atoms with Gasteiger partial charge in [0.05, 0.1) is 6.26 Å². The summed E-state index contributed by atoms with van der Waals surface area (Å²) in [6.45, 7) is 4.18. The molecule has 1 saturated carbocycles. The quantitative estimate of drug-likeness (QED) is 0.728. The first kappa shape index (κ1) is 16.2. The highest BCUT2D eigenvalue weighted by Gasteiger charge is 2.41. The van der Waals surface area contributed by atoms with Crippen molar-refractivity contribution in [1.82, 2.24) is 9.62 Å². The van der Waals surface area contributed by atoms with Crippen molar-refractivity contribution >= 4 is 10.0 Å². The van der Waals surface area contributed by atoms with Crippen LogP contribution in [0, 0.1) is 11.3 Å². The maximum atomic E-state index is 11.6. The number of methoxy groups -OCH3 is 1. The van der Waals surface area contributed by atoms with Gasteiger partial charge in [-0.1, -0.05) is 0 Å². The number of piperidine rings is 1. The summed E-state index contributed by atoms with van der Waals surface area (Å²) in [5.41, 5.74) is 0.460. The molecule has 0 aromatic carbocycles. The SMILES string of the molecule is COCCC1(CNCC2CCCN(S(C)(=O)=O)C2)CC1. The number of sulfonamides is 1. The Balaban J connectivity index is 1.69. The molecule has 1 saturated heterocycles. The number of nitrogens with one attached hydrogen (secondary N) is 1. The summed E-state index contributed by atoms with van der Waals surface area (Å²) < 4.78 is 30.0. The Bertz CT molecular complexity index is 407. The molecule has 20 heavy (non-hydrogen) atoms. The van der Waals surface area contributed by atoms with Gasteiger partial charge in [0.1, 0.15) is 0 Å². The van der Waals surface area contributed by atoms with Crippen molar-refractivity contribution in [1.29, 1.82) is 0 Å². The van der Waals surface area contributed by atoms with E-state index in [-0.39, 0.29) is 0 Å². The molecule has 118 valence electrons. The fraction of sp³-hybridized carbons (Fsp3) is 1.00. The Morgan fingerprint density at radius 2 is 2.15 bits per heavy atom. The molecule has 2 fully saturated rings. The van der Waals surface area contributed by atoms with Gasteiger partial charge in [0, 0.05) is 33.4 Å². The number of ether oxygens (including phenoxy) is 1. The number of hydrogen-bond donors (Lipinski definition) is 1. The molecular weight excluding hydrogens is 276 g/mol. The smallest absolute Gasteiger partial charge is 0.211 e. The molecule has 0 aromatic rings. The minimum atomic E-state index is -3.02. The summed E-state index contributed by atoms with van der Waals surface area (Å²) in [5, 5.41) is 3.56. The monoisotopic (exact) mass is 304 g/mol. The van der Waals surface area contributed by atoms with Gasteiger partial charge in [-0.25, -0.2) is 12.7 Å². The van der Waals surface area contributed by atoms with Gasteiger partial charge in [-0.15, -0.1) is 0 Å². The first-order valence-electron chi connectivity index (χ1n) is 7.60. The molecule has 0 spiro atoms. The summed E-state index contributed by atoms with van der Waals surface area (Å²) in [4.78, 5) is 0. The normalized spacial score (nSPS) is 26.6. The van der Waals surface area contributed by atoms with E-state index < -0.39 is 10.0 Å². The average molecular weight is 304 g/mol. The minimum Gasteiger partial charge on any atom is -0.385 e. The summed E-state index contributed by atoms with van der Waals surface area (Å²) in [5.74, 6) is 0.455. The first-order valence-corrected chi connectivity index (χ1v) is 9.45. The molecule has 1 atom stereocenters. The molecule has 2 rings (SSSR count). The van der Waals surface area contributed by atoms with E-state index in [1.54, 1.807) is 11.4 Å². The molecule has 1 unspecified atom stereocenters. The molecule has 2 aliphatic rings. The third-order valence-corrected chi connectivity index (χ3v) is 5.95. The Morgan fingerprint density at radius 3 is 2.75 bits per heavy atom. The van der Waals surface area contributed by atoms with Crippen molar-refractivity contribution in [2.45, 2.75) is 32.1 Å². The topological polar surface area (TPSA) is 58.6 Å². The lowest BCUT2D eigenvalue weighted by Gasteiger charge is -2.31. The first-order chi connectivity index (χ1) is 9.45. The lowest BCUT2D eigenvalue weighted by atomic mass is 9.98. The predicted octanol–water partition coefficient (Wildman–Crippen LogP) is 1.06. The number of nitrogens with zero attached hydrogens (tertiary/aromatic N) is 1. The van der Waals surface area contributed by atoms with E-state index in [2.05, 4.69) is 5.32 Å². The van der Waals surface area contributed by atoms with Crippen LogP contribution in [-0.2, 0) is 14.8 Å². The van der Waals surface area contributed by atoms with Gasteiger partial charge in [-0.3, -0.25) is 0 Å². The van der Waals surface area contributed by atoms with Gasteiger partial charge in [0.25, 0.3) is 0 Å². The van der Waals surface area contributed by atoms with Crippen molar-refractivity contribution < 1.29 is 13.2 Å². The molecule has 1 N–H and O–H groups in total. The molecule has 0 radical (unpaired) electrons. The second-order valence-electron chi connectivity index (χ2n) is 6.50. The zero-order valence-corrected chi connectivity index (χ0v) is 13.5. The minimum absolute atomic E-state index is 0.455. The van der Waals surface area contributed by atoms with Crippen LogP contribution in [0.5, 0.6) is 0 Å². The van der Waals surface area contributed by atoms with Crippen LogP contribution in [0.1, 0.15) is 32.1 Å². The van der Waals surface area contributed by atoms with E-state index in [9.17, 15) is 8.42 Å². The van der Waals surface area contributed by atoms with E-state index in [1.807, 2.05) is 0 Å².